The van der Waals surface area contributed by atoms with Crippen molar-refractivity contribution in [1.82, 2.24) is 0 Å². The van der Waals surface area contributed by atoms with Gasteiger partial charge >= 0.3 is 23.9 Å². The Kier molecular flexibility index (Phi) is 10.4. The van der Waals surface area contributed by atoms with E-state index in [4.69, 9.17) is 75.9 Å². The van der Waals surface area contributed by atoms with Gasteiger partial charge in [-0.05, 0) is 12.8 Å². The molecule has 0 radical (unpaired) electrons. The van der Waals surface area contributed by atoms with Crippen molar-refractivity contribution in [1.29, 1.82) is 0 Å². The summed E-state index contributed by atoms with van der Waals surface area (Å²) in [5.41, 5.74) is -1.61. The number of rotatable bonds is 8. The van der Waals surface area contributed by atoms with Gasteiger partial charge in [0.05, 0.1) is 0 Å². The minimum atomic E-state index is -3.19. The van der Waals surface area contributed by atoms with Crippen molar-refractivity contribution in [3.63, 3.8) is 0 Å². The molecule has 0 saturated heterocycles. The highest BCUT2D eigenvalue weighted by Crippen LogP contribution is 2.29. The summed E-state index contributed by atoms with van der Waals surface area (Å²) in [7, 11) is 0. The van der Waals surface area contributed by atoms with E-state index in [2.05, 4.69) is 0 Å². The summed E-state index contributed by atoms with van der Waals surface area (Å²) >= 11 is 34.7. The topological polar surface area (TPSA) is 52.6 Å². The molecular weight excluding hydrogens is 453 g/mol. The van der Waals surface area contributed by atoms with Crippen LogP contribution in [0.4, 0.5) is 0 Å². The van der Waals surface area contributed by atoms with Gasteiger partial charge in [0, 0.05) is 12.2 Å². The van der Waals surface area contributed by atoms with Crippen molar-refractivity contribution in [3.8, 4) is 0 Å². The van der Waals surface area contributed by atoms with Crippen molar-refractivity contribution in [3.05, 3.63) is 12.2 Å². The maximum atomic E-state index is 11.6. The lowest BCUT2D eigenvalue weighted by Gasteiger charge is -2.20. The van der Waals surface area contributed by atoms with Crippen LogP contribution in [-0.2, 0) is 19.1 Å². The third-order valence-corrected chi connectivity index (χ3v) is 9.24. The van der Waals surface area contributed by atoms with Gasteiger partial charge in [0.1, 0.15) is 11.5 Å². The van der Waals surface area contributed by atoms with Crippen LogP contribution < -0.4 is 0 Å². The Morgan fingerprint density at radius 1 is 0.818 bits per heavy atom. The van der Waals surface area contributed by atoms with Gasteiger partial charge in [-0.3, -0.25) is 0 Å². The molecule has 0 bridgehead atoms. The van der Waals surface area contributed by atoms with Gasteiger partial charge in [-0.15, -0.1) is 66.5 Å². The lowest BCUT2D eigenvalue weighted by molar-refractivity contribution is -0.142. The van der Waals surface area contributed by atoms with Crippen molar-refractivity contribution in [2.24, 2.45) is 0 Å². The Labute approximate surface area is 159 Å². The Bertz CT molecular complexity index is 383. The van der Waals surface area contributed by atoms with Crippen molar-refractivity contribution < 1.29 is 19.1 Å². The summed E-state index contributed by atoms with van der Waals surface area (Å²) in [6.07, 6.45) is 2.46. The lowest BCUT2D eigenvalue weighted by Crippen LogP contribution is -2.35. The molecule has 0 aromatic heterocycles. The Morgan fingerprint density at radius 3 is 1.27 bits per heavy atom. The van der Waals surface area contributed by atoms with Crippen LogP contribution in [0, 0.1) is 0 Å². The maximum Gasteiger partial charge on any atom is 0.381 e. The fourth-order valence-electron chi connectivity index (χ4n) is 1.26. The maximum absolute atomic E-state index is 11.6. The van der Waals surface area contributed by atoms with E-state index in [0.29, 0.717) is 12.8 Å². The Morgan fingerprint density at radius 2 is 1.09 bits per heavy atom. The van der Waals surface area contributed by atoms with Gasteiger partial charge in [0.15, 0.2) is 0 Å². The van der Waals surface area contributed by atoms with Gasteiger partial charge in [-0.25, -0.2) is 9.59 Å². The highest BCUT2D eigenvalue weighted by atomic mass is 35.8. The number of ether oxygens (including phenoxy) is 2. The van der Waals surface area contributed by atoms with Crippen LogP contribution in [0.5, 0.6) is 0 Å². The molecule has 0 aliphatic heterocycles. The van der Waals surface area contributed by atoms with E-state index in [1.54, 1.807) is 13.8 Å². The van der Waals surface area contributed by atoms with Crippen molar-refractivity contribution in [2.45, 2.75) is 38.1 Å². The minimum Gasteiger partial charge on any atom is -0.458 e. The van der Waals surface area contributed by atoms with Gasteiger partial charge in [0.2, 0.25) is 0 Å². The molecule has 0 heterocycles. The molecule has 12 heteroatoms. The molecule has 0 N–H and O–H groups in total. The second-order valence-corrected chi connectivity index (χ2v) is 21.8. The van der Waals surface area contributed by atoms with Gasteiger partial charge < -0.3 is 9.47 Å². The monoisotopic (exact) mass is 464 g/mol. The number of halogens is 6. The summed E-state index contributed by atoms with van der Waals surface area (Å²) in [6.45, 7) is 3.42. The molecule has 0 rings (SSSR count). The molecular formula is C10H14Cl6O4Si2. The fraction of sp³-hybridized carbons (Fsp3) is 0.600. The molecule has 0 saturated carbocycles. The number of carbonyl (C=O) groups is 2. The van der Waals surface area contributed by atoms with Crippen LogP contribution in [0.3, 0.4) is 0 Å². The van der Waals surface area contributed by atoms with E-state index in [-0.39, 0.29) is 0 Å². The summed E-state index contributed by atoms with van der Waals surface area (Å²) in [4.78, 5) is 23.2. The molecule has 0 aliphatic rings. The van der Waals surface area contributed by atoms with Crippen LogP contribution in [0.25, 0.3) is 0 Å². The highest BCUT2D eigenvalue weighted by Gasteiger charge is 2.39. The Balaban J connectivity index is 4.59. The quantitative estimate of drug-likeness (QED) is 0.227. The average Bonchev–Trinajstić information content (AvgIpc) is 2.36. The smallest absolute Gasteiger partial charge is 0.381 e. The van der Waals surface area contributed by atoms with Crippen LogP contribution >= 0.6 is 66.5 Å². The van der Waals surface area contributed by atoms with Crippen LogP contribution in [0.15, 0.2) is 12.2 Å². The summed E-state index contributed by atoms with van der Waals surface area (Å²) in [5.74, 6) is -1.64. The SMILES string of the molecule is CCC(OC(=O)/C=C\C(=O)OC(CC)[Si](Cl)(Cl)Cl)[Si](Cl)(Cl)Cl. The Hall–Kier alpha value is 0.854. The molecule has 0 aliphatic carbocycles. The van der Waals surface area contributed by atoms with Gasteiger partial charge in [-0.2, -0.15) is 0 Å². The van der Waals surface area contributed by atoms with E-state index < -0.39 is 35.4 Å². The first-order valence-corrected chi connectivity index (χ1v) is 16.4. The standard InChI is InChI=1S/C10H14Cl6O4Si2/c1-3-9(21(11,12)13)19-7(17)5-6-8(18)20-10(4-2)22(14,15)16/h5-6,9-10H,3-4H2,1-2H3/b6-5-. The normalized spacial score (nSPS) is 15.5. The summed E-state index contributed by atoms with van der Waals surface area (Å²) in [6, 6.07) is -6.37. The first-order valence-electron chi connectivity index (χ1n) is 6.14. The summed E-state index contributed by atoms with van der Waals surface area (Å²) in [5, 5.41) is 0. The van der Waals surface area contributed by atoms with Crippen LogP contribution in [-0.4, -0.2) is 35.4 Å². The molecule has 128 valence electrons. The zero-order chi connectivity index (χ0) is 17.6. The van der Waals surface area contributed by atoms with Gasteiger partial charge in [0.25, 0.3) is 0 Å². The second kappa shape index (κ2) is 9.98. The first kappa shape index (κ1) is 22.9. The number of hydrogen-bond donors (Lipinski definition) is 0. The van der Waals surface area contributed by atoms with Gasteiger partial charge in [-0.1, -0.05) is 13.8 Å². The summed E-state index contributed by atoms with van der Waals surface area (Å²) < 4.78 is 9.95. The lowest BCUT2D eigenvalue weighted by atomic mass is 10.4. The zero-order valence-corrected chi connectivity index (χ0v) is 18.2. The number of hydrogen-bond acceptors (Lipinski definition) is 4. The average molecular weight is 467 g/mol. The molecule has 0 spiro atoms. The molecule has 2 atom stereocenters. The van der Waals surface area contributed by atoms with E-state index in [1.807, 2.05) is 0 Å². The minimum absolute atomic E-state index is 0.351. The second-order valence-electron chi connectivity index (χ2n) is 4.08. The molecule has 0 aromatic carbocycles. The first-order chi connectivity index (χ1) is 9.91. The molecule has 0 amide bonds. The largest absolute Gasteiger partial charge is 0.458 e. The zero-order valence-electron chi connectivity index (χ0n) is 11.6. The third-order valence-electron chi connectivity index (χ3n) is 2.34. The van der Waals surface area contributed by atoms with Crippen molar-refractivity contribution in [2.75, 3.05) is 0 Å². The van der Waals surface area contributed by atoms with Crippen LogP contribution in [0.2, 0.25) is 0 Å². The fourth-order valence-corrected chi connectivity index (χ4v) is 6.26. The highest BCUT2D eigenvalue weighted by molar-refractivity contribution is 7.65. The number of esters is 2. The van der Waals surface area contributed by atoms with E-state index >= 15 is 0 Å². The molecule has 22 heavy (non-hydrogen) atoms. The predicted octanol–water partition coefficient (Wildman–Crippen LogP) is 4.58. The number of carbonyl (C=O) groups excluding carboxylic acids is 2. The molecule has 0 fully saturated rings. The van der Waals surface area contributed by atoms with Crippen molar-refractivity contribution >= 4 is 90.4 Å². The third kappa shape index (κ3) is 9.22. The van der Waals surface area contributed by atoms with E-state index in [0.717, 1.165) is 12.2 Å². The van der Waals surface area contributed by atoms with Crippen LogP contribution in [0.1, 0.15) is 26.7 Å². The van der Waals surface area contributed by atoms with E-state index in [9.17, 15) is 9.59 Å². The molecule has 2 unspecified atom stereocenters. The van der Waals surface area contributed by atoms with E-state index in [1.165, 1.54) is 0 Å². The molecule has 0 aromatic rings. The molecule has 4 nitrogen and oxygen atoms in total. The predicted molar refractivity (Wildman–Crippen MR) is 96.1 cm³/mol.